The SMILES string of the molecule is CC(C)C(N)C(=O)N(C)CCc1ccccn1.Cl. The van der Waals surface area contributed by atoms with Crippen molar-refractivity contribution in [1.82, 2.24) is 9.88 Å². The topological polar surface area (TPSA) is 59.2 Å². The molecule has 1 heterocycles. The maximum atomic E-state index is 11.9. The molecule has 0 aliphatic carbocycles. The summed E-state index contributed by atoms with van der Waals surface area (Å²) >= 11 is 0. The lowest BCUT2D eigenvalue weighted by molar-refractivity contribution is -0.132. The molecule has 1 atom stereocenters. The van der Waals surface area contributed by atoms with Crippen LogP contribution in [0.3, 0.4) is 0 Å². The van der Waals surface area contributed by atoms with Crippen molar-refractivity contribution in [2.24, 2.45) is 11.7 Å². The number of carbonyl (C=O) groups is 1. The van der Waals surface area contributed by atoms with Gasteiger partial charge in [0.2, 0.25) is 5.91 Å². The Morgan fingerprint density at radius 3 is 2.61 bits per heavy atom. The normalized spacial score (nSPS) is 11.8. The lowest BCUT2D eigenvalue weighted by Gasteiger charge is -2.23. The lowest BCUT2D eigenvalue weighted by Crippen LogP contribution is -2.45. The number of hydrogen-bond acceptors (Lipinski definition) is 3. The molecule has 0 saturated heterocycles. The monoisotopic (exact) mass is 271 g/mol. The summed E-state index contributed by atoms with van der Waals surface area (Å²) in [5.41, 5.74) is 6.81. The highest BCUT2D eigenvalue weighted by molar-refractivity contribution is 5.85. The van der Waals surface area contributed by atoms with E-state index in [9.17, 15) is 4.79 Å². The Kier molecular flexibility index (Phi) is 7.55. The van der Waals surface area contributed by atoms with Crippen LogP contribution in [0.15, 0.2) is 24.4 Å². The molecule has 0 radical (unpaired) electrons. The number of nitrogens with two attached hydrogens (primary N) is 1. The van der Waals surface area contributed by atoms with E-state index in [2.05, 4.69) is 4.98 Å². The number of likely N-dealkylation sites (N-methyl/N-ethyl adjacent to an activating group) is 1. The summed E-state index contributed by atoms with van der Waals surface area (Å²) < 4.78 is 0. The molecule has 1 amide bonds. The highest BCUT2D eigenvalue weighted by Gasteiger charge is 2.20. The van der Waals surface area contributed by atoms with Crippen LogP contribution in [0, 0.1) is 5.92 Å². The highest BCUT2D eigenvalue weighted by Crippen LogP contribution is 2.03. The van der Waals surface area contributed by atoms with Crippen molar-refractivity contribution in [1.29, 1.82) is 0 Å². The summed E-state index contributed by atoms with van der Waals surface area (Å²) in [5, 5.41) is 0. The van der Waals surface area contributed by atoms with Crippen LogP contribution in [0.4, 0.5) is 0 Å². The molecule has 0 spiro atoms. The fourth-order valence-electron chi connectivity index (χ4n) is 1.48. The minimum absolute atomic E-state index is 0. The Hall–Kier alpha value is -1.13. The molecule has 1 aromatic heterocycles. The smallest absolute Gasteiger partial charge is 0.239 e. The standard InChI is InChI=1S/C13H21N3O.ClH/c1-10(2)12(14)13(17)16(3)9-7-11-6-4-5-8-15-11;/h4-6,8,10,12H,7,9,14H2,1-3H3;1H. The predicted octanol–water partition coefficient (Wildman–Crippen LogP) is 1.49. The van der Waals surface area contributed by atoms with Crippen LogP contribution in [0.5, 0.6) is 0 Å². The minimum Gasteiger partial charge on any atom is -0.344 e. The van der Waals surface area contributed by atoms with Crippen LogP contribution in [0.25, 0.3) is 0 Å². The van der Waals surface area contributed by atoms with Gasteiger partial charge >= 0.3 is 0 Å². The second kappa shape index (κ2) is 8.06. The first kappa shape index (κ1) is 16.9. The van der Waals surface area contributed by atoms with Crippen molar-refractivity contribution in [3.05, 3.63) is 30.1 Å². The van der Waals surface area contributed by atoms with Crippen molar-refractivity contribution in [2.75, 3.05) is 13.6 Å². The van der Waals surface area contributed by atoms with Crippen molar-refractivity contribution in [2.45, 2.75) is 26.3 Å². The number of amides is 1. The van der Waals surface area contributed by atoms with Gasteiger partial charge in [0.05, 0.1) is 6.04 Å². The molecule has 0 saturated carbocycles. The quantitative estimate of drug-likeness (QED) is 0.883. The van der Waals surface area contributed by atoms with Gasteiger partial charge in [0.25, 0.3) is 0 Å². The number of carbonyl (C=O) groups excluding carboxylic acids is 1. The number of hydrogen-bond donors (Lipinski definition) is 1. The number of aromatic nitrogens is 1. The second-order valence-electron chi connectivity index (χ2n) is 4.60. The van der Waals surface area contributed by atoms with Gasteiger partial charge in [-0.25, -0.2) is 0 Å². The Morgan fingerprint density at radius 2 is 2.11 bits per heavy atom. The van der Waals surface area contributed by atoms with Crippen LogP contribution in [-0.4, -0.2) is 35.4 Å². The Labute approximate surface area is 115 Å². The largest absolute Gasteiger partial charge is 0.344 e. The predicted molar refractivity (Wildman–Crippen MR) is 75.6 cm³/mol. The van der Waals surface area contributed by atoms with Crippen molar-refractivity contribution in [3.63, 3.8) is 0 Å². The number of nitrogens with zero attached hydrogens (tertiary/aromatic N) is 2. The van der Waals surface area contributed by atoms with E-state index in [1.54, 1.807) is 18.1 Å². The Morgan fingerprint density at radius 1 is 1.44 bits per heavy atom. The molecular weight excluding hydrogens is 250 g/mol. The first-order valence-electron chi connectivity index (χ1n) is 5.93. The first-order valence-corrected chi connectivity index (χ1v) is 5.93. The first-order chi connectivity index (χ1) is 8.02. The fourth-order valence-corrected chi connectivity index (χ4v) is 1.48. The van der Waals surface area contributed by atoms with Crippen molar-refractivity contribution in [3.8, 4) is 0 Å². The second-order valence-corrected chi connectivity index (χ2v) is 4.60. The summed E-state index contributed by atoms with van der Waals surface area (Å²) in [5.74, 6) is 0.163. The van der Waals surface area contributed by atoms with E-state index < -0.39 is 6.04 Å². The molecule has 0 aromatic carbocycles. The van der Waals surface area contributed by atoms with Gasteiger partial charge in [0.15, 0.2) is 0 Å². The molecule has 1 rings (SSSR count). The van der Waals surface area contributed by atoms with Gasteiger partial charge in [-0.15, -0.1) is 12.4 Å². The zero-order valence-corrected chi connectivity index (χ0v) is 12.0. The van der Waals surface area contributed by atoms with Gasteiger partial charge in [0.1, 0.15) is 0 Å². The van der Waals surface area contributed by atoms with Crippen molar-refractivity contribution < 1.29 is 4.79 Å². The maximum Gasteiger partial charge on any atom is 0.239 e. The molecule has 5 heteroatoms. The number of pyridine rings is 1. The average molecular weight is 272 g/mol. The van der Waals surface area contributed by atoms with Gasteiger partial charge in [0, 0.05) is 31.9 Å². The lowest BCUT2D eigenvalue weighted by atomic mass is 10.0. The van der Waals surface area contributed by atoms with E-state index in [1.165, 1.54) is 0 Å². The van der Waals surface area contributed by atoms with Crippen molar-refractivity contribution >= 4 is 18.3 Å². The fraction of sp³-hybridized carbons (Fsp3) is 0.538. The van der Waals surface area contributed by atoms with Gasteiger partial charge in [-0.1, -0.05) is 19.9 Å². The number of rotatable bonds is 5. The zero-order chi connectivity index (χ0) is 12.8. The molecule has 0 aliphatic rings. The van der Waals surface area contributed by atoms with Gasteiger partial charge in [-0.3, -0.25) is 9.78 Å². The van der Waals surface area contributed by atoms with Crippen LogP contribution >= 0.6 is 12.4 Å². The third kappa shape index (κ3) is 5.02. The van der Waals surface area contributed by atoms with Crippen LogP contribution in [0.1, 0.15) is 19.5 Å². The summed E-state index contributed by atoms with van der Waals surface area (Å²) in [7, 11) is 1.79. The van der Waals surface area contributed by atoms with E-state index in [0.29, 0.717) is 6.54 Å². The molecule has 102 valence electrons. The van der Waals surface area contributed by atoms with Crippen LogP contribution < -0.4 is 5.73 Å². The van der Waals surface area contributed by atoms with Gasteiger partial charge < -0.3 is 10.6 Å². The minimum atomic E-state index is -0.413. The molecule has 4 nitrogen and oxygen atoms in total. The van der Waals surface area contributed by atoms with E-state index in [4.69, 9.17) is 5.73 Å². The molecule has 0 fully saturated rings. The molecule has 1 unspecified atom stereocenters. The van der Waals surface area contributed by atoms with Crippen LogP contribution in [0.2, 0.25) is 0 Å². The maximum absolute atomic E-state index is 11.9. The number of halogens is 1. The van der Waals surface area contributed by atoms with Crippen LogP contribution in [-0.2, 0) is 11.2 Å². The van der Waals surface area contributed by atoms with E-state index in [-0.39, 0.29) is 24.2 Å². The summed E-state index contributed by atoms with van der Waals surface area (Å²) in [6, 6.07) is 5.38. The summed E-state index contributed by atoms with van der Waals surface area (Å²) in [6.45, 7) is 4.56. The third-order valence-electron chi connectivity index (χ3n) is 2.81. The Bertz CT molecular complexity index is 357. The summed E-state index contributed by atoms with van der Waals surface area (Å²) in [6.07, 6.45) is 2.52. The molecule has 0 bridgehead atoms. The van der Waals surface area contributed by atoms with E-state index in [1.807, 2.05) is 32.0 Å². The molecule has 2 N–H and O–H groups in total. The Balaban J connectivity index is 0.00000289. The molecule has 18 heavy (non-hydrogen) atoms. The highest BCUT2D eigenvalue weighted by atomic mass is 35.5. The molecule has 0 aliphatic heterocycles. The van der Waals surface area contributed by atoms with E-state index in [0.717, 1.165) is 12.1 Å². The third-order valence-corrected chi connectivity index (χ3v) is 2.81. The van der Waals surface area contributed by atoms with Gasteiger partial charge in [-0.05, 0) is 18.1 Å². The molecular formula is C13H22ClN3O. The van der Waals surface area contributed by atoms with E-state index >= 15 is 0 Å². The average Bonchev–Trinajstić information content (AvgIpc) is 2.35. The molecule has 1 aromatic rings. The summed E-state index contributed by atoms with van der Waals surface area (Å²) in [4.78, 5) is 17.8. The zero-order valence-electron chi connectivity index (χ0n) is 11.2. The van der Waals surface area contributed by atoms with Gasteiger partial charge in [-0.2, -0.15) is 0 Å².